The van der Waals surface area contributed by atoms with Gasteiger partial charge in [-0.1, -0.05) is 31.1 Å². The maximum absolute atomic E-state index is 14.0. The Morgan fingerprint density at radius 3 is 2.36 bits per heavy atom. The van der Waals surface area contributed by atoms with Gasteiger partial charge in [-0.25, -0.2) is 22.3 Å². The first kappa shape index (κ1) is 18.7. The molecule has 1 aliphatic carbocycles. The molecule has 2 aromatic carbocycles. The Hall–Kier alpha value is -2.65. The van der Waals surface area contributed by atoms with Crippen LogP contribution in [0.25, 0.3) is 11.4 Å². The molecular formula is C19H17F2N3O3S. The summed E-state index contributed by atoms with van der Waals surface area (Å²) in [7, 11) is -3.76. The van der Waals surface area contributed by atoms with Crippen LogP contribution in [0.2, 0.25) is 0 Å². The Labute approximate surface area is 160 Å². The molecule has 0 radical (unpaired) electrons. The molecule has 28 heavy (non-hydrogen) atoms. The fraction of sp³-hybridized carbons (Fsp3) is 0.263. The number of rotatable bonds is 4. The summed E-state index contributed by atoms with van der Waals surface area (Å²) in [4.78, 5) is 4.34. The second-order valence-corrected chi connectivity index (χ2v) is 9.03. The number of nitrogens with two attached hydrogens (primary N) is 1. The summed E-state index contributed by atoms with van der Waals surface area (Å²) in [6.07, 6.45) is 0. The maximum Gasteiger partial charge on any atom is 0.238 e. The van der Waals surface area contributed by atoms with Crippen LogP contribution in [0.5, 0.6) is 0 Å². The van der Waals surface area contributed by atoms with Crippen molar-refractivity contribution in [2.45, 2.75) is 30.6 Å². The molecule has 2 atom stereocenters. The summed E-state index contributed by atoms with van der Waals surface area (Å²) in [5.74, 6) is -1.14. The predicted molar refractivity (Wildman–Crippen MR) is 96.7 cm³/mol. The zero-order chi connectivity index (χ0) is 20.3. The topological polar surface area (TPSA) is 99.1 Å². The summed E-state index contributed by atoms with van der Waals surface area (Å²) >= 11 is 0. The SMILES string of the molecule is CC1(C)[C@@H](c2ccc(S(N)(=O)=O)cc2)[C@@H]1c1nc(-c2ccc(F)cc2F)no1. The molecule has 3 aromatic rings. The normalized spacial score (nSPS) is 20.9. The third-order valence-electron chi connectivity index (χ3n) is 5.27. The fourth-order valence-corrected chi connectivity index (χ4v) is 4.24. The number of benzene rings is 2. The van der Waals surface area contributed by atoms with Gasteiger partial charge in [0.25, 0.3) is 0 Å². The largest absolute Gasteiger partial charge is 0.339 e. The van der Waals surface area contributed by atoms with Gasteiger partial charge in [-0.05, 0) is 35.2 Å². The zero-order valence-corrected chi connectivity index (χ0v) is 15.9. The summed E-state index contributed by atoms with van der Waals surface area (Å²) in [5, 5.41) is 8.97. The molecule has 1 heterocycles. The molecule has 9 heteroatoms. The molecule has 1 aliphatic rings. The van der Waals surface area contributed by atoms with Gasteiger partial charge in [-0.2, -0.15) is 4.98 Å². The number of aromatic nitrogens is 2. The van der Waals surface area contributed by atoms with E-state index in [9.17, 15) is 17.2 Å². The first-order valence-electron chi connectivity index (χ1n) is 8.51. The molecule has 6 nitrogen and oxygen atoms in total. The lowest BCUT2D eigenvalue weighted by Gasteiger charge is -2.04. The Kier molecular flexibility index (Phi) is 4.13. The summed E-state index contributed by atoms with van der Waals surface area (Å²) in [5.41, 5.74) is 0.757. The van der Waals surface area contributed by atoms with Crippen LogP contribution < -0.4 is 5.14 Å². The van der Waals surface area contributed by atoms with Crippen LogP contribution in [-0.4, -0.2) is 18.6 Å². The average Bonchev–Trinajstić information content (AvgIpc) is 2.95. The molecule has 1 saturated carbocycles. The molecule has 1 aromatic heterocycles. The molecule has 0 amide bonds. The van der Waals surface area contributed by atoms with Crippen LogP contribution in [0.15, 0.2) is 51.9 Å². The first-order valence-corrected chi connectivity index (χ1v) is 10.1. The Morgan fingerprint density at radius 2 is 1.75 bits per heavy atom. The highest BCUT2D eigenvalue weighted by Gasteiger charge is 2.62. The fourth-order valence-electron chi connectivity index (χ4n) is 3.73. The maximum atomic E-state index is 14.0. The van der Waals surface area contributed by atoms with Crippen molar-refractivity contribution < 1.29 is 21.7 Å². The smallest absolute Gasteiger partial charge is 0.238 e. The van der Waals surface area contributed by atoms with E-state index in [1.165, 1.54) is 18.2 Å². The minimum Gasteiger partial charge on any atom is -0.339 e. The number of hydrogen-bond donors (Lipinski definition) is 1. The van der Waals surface area contributed by atoms with Crippen LogP contribution in [0.1, 0.15) is 37.1 Å². The van der Waals surface area contributed by atoms with Crippen LogP contribution in [0, 0.1) is 17.0 Å². The van der Waals surface area contributed by atoms with Crippen LogP contribution >= 0.6 is 0 Å². The van der Waals surface area contributed by atoms with E-state index in [2.05, 4.69) is 10.1 Å². The van der Waals surface area contributed by atoms with Gasteiger partial charge in [0.1, 0.15) is 11.6 Å². The van der Waals surface area contributed by atoms with E-state index < -0.39 is 21.7 Å². The van der Waals surface area contributed by atoms with Crippen molar-refractivity contribution in [1.82, 2.24) is 10.1 Å². The highest BCUT2D eigenvalue weighted by molar-refractivity contribution is 7.89. The van der Waals surface area contributed by atoms with Gasteiger partial charge in [-0.15, -0.1) is 0 Å². The van der Waals surface area contributed by atoms with Crippen LogP contribution in [0.3, 0.4) is 0 Å². The van der Waals surface area contributed by atoms with Gasteiger partial charge in [0.2, 0.25) is 21.7 Å². The number of primary sulfonamides is 1. The third kappa shape index (κ3) is 3.10. The lowest BCUT2D eigenvalue weighted by molar-refractivity contribution is 0.368. The van der Waals surface area contributed by atoms with E-state index in [0.29, 0.717) is 5.89 Å². The van der Waals surface area contributed by atoms with Gasteiger partial charge >= 0.3 is 0 Å². The van der Waals surface area contributed by atoms with E-state index in [1.807, 2.05) is 13.8 Å². The van der Waals surface area contributed by atoms with Crippen LogP contribution in [-0.2, 0) is 10.0 Å². The minimum atomic E-state index is -3.76. The molecule has 146 valence electrons. The molecule has 4 rings (SSSR count). The molecule has 1 fully saturated rings. The van der Waals surface area contributed by atoms with Gasteiger partial charge in [0.15, 0.2) is 0 Å². The molecule has 0 saturated heterocycles. The summed E-state index contributed by atoms with van der Waals surface area (Å²) in [6, 6.07) is 9.51. The highest BCUT2D eigenvalue weighted by atomic mass is 32.2. The van der Waals surface area contributed by atoms with Gasteiger partial charge in [0, 0.05) is 12.0 Å². The molecule has 0 aliphatic heterocycles. The van der Waals surface area contributed by atoms with Crippen molar-refractivity contribution >= 4 is 10.0 Å². The Bertz CT molecular complexity index is 1160. The Morgan fingerprint density at radius 1 is 1.07 bits per heavy atom. The van der Waals surface area contributed by atoms with E-state index in [0.717, 1.165) is 17.7 Å². The van der Waals surface area contributed by atoms with Crippen LogP contribution in [0.4, 0.5) is 8.78 Å². The van der Waals surface area contributed by atoms with Gasteiger partial charge in [0.05, 0.1) is 16.4 Å². The quantitative estimate of drug-likeness (QED) is 0.715. The third-order valence-corrected chi connectivity index (χ3v) is 6.20. The molecule has 0 bridgehead atoms. The number of hydrogen-bond acceptors (Lipinski definition) is 5. The van der Waals surface area contributed by atoms with Crippen molar-refractivity contribution in [3.63, 3.8) is 0 Å². The minimum absolute atomic E-state index is 0.0217. The first-order chi connectivity index (χ1) is 13.1. The summed E-state index contributed by atoms with van der Waals surface area (Å²) < 4.78 is 55.3. The molecule has 0 unspecified atom stereocenters. The van der Waals surface area contributed by atoms with Gasteiger partial charge < -0.3 is 4.52 Å². The van der Waals surface area contributed by atoms with E-state index in [4.69, 9.17) is 9.66 Å². The molecule has 2 N–H and O–H groups in total. The molecule has 0 spiro atoms. The van der Waals surface area contributed by atoms with Crippen molar-refractivity contribution in [3.05, 3.63) is 65.6 Å². The lowest BCUT2D eigenvalue weighted by Crippen LogP contribution is -2.11. The second kappa shape index (κ2) is 6.18. The average molecular weight is 405 g/mol. The highest BCUT2D eigenvalue weighted by Crippen LogP contribution is 2.69. The number of halogens is 2. The Balaban J connectivity index is 1.63. The summed E-state index contributed by atoms with van der Waals surface area (Å²) in [6.45, 7) is 4.05. The van der Waals surface area contributed by atoms with E-state index in [-0.39, 0.29) is 33.5 Å². The monoisotopic (exact) mass is 405 g/mol. The van der Waals surface area contributed by atoms with Crippen molar-refractivity contribution in [3.8, 4) is 11.4 Å². The standard InChI is InChI=1S/C19H17F2N3O3S/c1-19(2)15(10-3-6-12(7-4-10)28(22,25)26)16(19)18-23-17(24-27-18)13-8-5-11(20)9-14(13)21/h3-9,15-16H,1-2H3,(H2,22,25,26)/t15-,16+/m0/s1. The van der Waals surface area contributed by atoms with Crippen molar-refractivity contribution in [2.24, 2.45) is 10.6 Å². The number of sulfonamides is 1. The van der Waals surface area contributed by atoms with Crippen molar-refractivity contribution in [1.29, 1.82) is 0 Å². The van der Waals surface area contributed by atoms with Gasteiger partial charge in [-0.3, -0.25) is 0 Å². The van der Waals surface area contributed by atoms with Crippen molar-refractivity contribution in [2.75, 3.05) is 0 Å². The predicted octanol–water partition coefficient (Wildman–Crippen LogP) is 3.57. The van der Waals surface area contributed by atoms with E-state index in [1.54, 1.807) is 12.1 Å². The second-order valence-electron chi connectivity index (χ2n) is 7.47. The van der Waals surface area contributed by atoms with E-state index >= 15 is 0 Å². The zero-order valence-electron chi connectivity index (χ0n) is 15.1. The molecular weight excluding hydrogens is 388 g/mol. The number of nitrogens with zero attached hydrogens (tertiary/aromatic N) is 2. The lowest BCUT2D eigenvalue weighted by atomic mass is 10.0.